The van der Waals surface area contributed by atoms with Crippen LogP contribution in [0.3, 0.4) is 0 Å². The minimum Gasteiger partial charge on any atom is -0.299 e. The molecule has 1 aliphatic rings. The van der Waals surface area contributed by atoms with Gasteiger partial charge in [-0.25, -0.2) is 9.36 Å². The zero-order valence-electron chi connectivity index (χ0n) is 19.2. The van der Waals surface area contributed by atoms with Crippen molar-refractivity contribution in [3.8, 4) is 5.82 Å². The summed E-state index contributed by atoms with van der Waals surface area (Å²) in [5.41, 5.74) is 3.54. The fourth-order valence-corrected chi connectivity index (χ4v) is 4.20. The van der Waals surface area contributed by atoms with Gasteiger partial charge in [-0.2, -0.15) is 14.7 Å². The molecule has 0 bridgehead atoms. The fourth-order valence-electron chi connectivity index (χ4n) is 4.20. The molecule has 4 aromatic rings. The summed E-state index contributed by atoms with van der Waals surface area (Å²) in [6, 6.07) is 9.17. The summed E-state index contributed by atoms with van der Waals surface area (Å²) < 4.78 is 5.14. The molecule has 11 heteroatoms. The first-order valence-corrected chi connectivity index (χ1v) is 11.2. The number of piperazine rings is 1. The number of aromatic nitrogens is 8. The van der Waals surface area contributed by atoms with E-state index in [1.54, 1.807) is 16.8 Å². The molecule has 1 aliphatic heterocycles. The van der Waals surface area contributed by atoms with E-state index in [9.17, 15) is 4.79 Å². The van der Waals surface area contributed by atoms with Gasteiger partial charge in [0.1, 0.15) is 0 Å². The molecule has 0 spiro atoms. The number of nitrogens with zero attached hydrogens (tertiary/aromatic N) is 10. The molecule has 0 amide bonds. The smallest absolute Gasteiger partial charge is 0.266 e. The Balaban J connectivity index is 1.18. The molecular formula is C22H28N10O. The van der Waals surface area contributed by atoms with Gasteiger partial charge in [0.15, 0.2) is 17.3 Å². The maximum absolute atomic E-state index is 12.3. The third-order valence-electron chi connectivity index (χ3n) is 6.00. The second-order valence-electron chi connectivity index (χ2n) is 8.57. The molecule has 33 heavy (non-hydrogen) atoms. The van der Waals surface area contributed by atoms with Gasteiger partial charge in [0.2, 0.25) is 0 Å². The number of hydrogen-bond donors (Lipinski definition) is 0. The van der Waals surface area contributed by atoms with Gasteiger partial charge in [-0.15, -0.1) is 15.3 Å². The van der Waals surface area contributed by atoms with Crippen molar-refractivity contribution in [1.82, 2.24) is 49.2 Å². The van der Waals surface area contributed by atoms with Crippen molar-refractivity contribution in [2.24, 2.45) is 0 Å². The second kappa shape index (κ2) is 8.83. The van der Waals surface area contributed by atoms with Crippen molar-refractivity contribution in [3.05, 3.63) is 63.6 Å². The molecular weight excluding hydrogens is 420 g/mol. The third kappa shape index (κ3) is 4.55. The van der Waals surface area contributed by atoms with Crippen molar-refractivity contribution < 1.29 is 0 Å². The van der Waals surface area contributed by atoms with E-state index in [2.05, 4.69) is 35.3 Å². The molecule has 0 atom stereocenters. The highest BCUT2D eigenvalue weighted by atomic mass is 16.1. The highest BCUT2D eigenvalue weighted by Crippen LogP contribution is 2.10. The summed E-state index contributed by atoms with van der Waals surface area (Å²) in [7, 11) is 0. The second-order valence-corrected chi connectivity index (χ2v) is 8.57. The number of aryl methyl sites for hydroxylation is 3. The van der Waals surface area contributed by atoms with Crippen molar-refractivity contribution in [2.45, 2.75) is 33.9 Å². The summed E-state index contributed by atoms with van der Waals surface area (Å²) in [6.07, 6.45) is 0. The highest BCUT2D eigenvalue weighted by Gasteiger charge is 2.19. The van der Waals surface area contributed by atoms with Gasteiger partial charge in [0, 0.05) is 44.5 Å². The topological polar surface area (TPSA) is 102 Å². The van der Waals surface area contributed by atoms with E-state index in [-0.39, 0.29) is 5.56 Å². The average molecular weight is 449 g/mol. The molecule has 0 unspecified atom stereocenters. The Labute approximate surface area is 191 Å². The molecule has 1 fully saturated rings. The van der Waals surface area contributed by atoms with Gasteiger partial charge >= 0.3 is 0 Å². The predicted octanol–water partition coefficient (Wildman–Crippen LogP) is 0.610. The summed E-state index contributed by atoms with van der Waals surface area (Å²) >= 11 is 0. The molecule has 0 radical (unpaired) electrons. The molecule has 172 valence electrons. The molecule has 5 heterocycles. The molecule has 4 aromatic heterocycles. The maximum Gasteiger partial charge on any atom is 0.266 e. The van der Waals surface area contributed by atoms with E-state index in [4.69, 9.17) is 0 Å². The Kier molecular flexibility index (Phi) is 5.73. The Morgan fingerprint density at radius 2 is 1.61 bits per heavy atom. The lowest BCUT2D eigenvalue weighted by molar-refractivity contribution is 0.120. The van der Waals surface area contributed by atoms with Crippen LogP contribution in [0.4, 0.5) is 0 Å². The van der Waals surface area contributed by atoms with Crippen molar-refractivity contribution in [3.63, 3.8) is 0 Å². The Morgan fingerprint density at radius 3 is 2.36 bits per heavy atom. The number of fused-ring (bicyclic) bond motifs is 1. The first kappa shape index (κ1) is 21.4. The summed E-state index contributed by atoms with van der Waals surface area (Å²) in [5.74, 6) is 1.52. The Hall–Kier alpha value is -3.44. The van der Waals surface area contributed by atoms with Gasteiger partial charge in [-0.05, 0) is 45.0 Å². The van der Waals surface area contributed by atoms with Crippen molar-refractivity contribution >= 4 is 5.65 Å². The SMILES string of the molecule is Cc1cc(C)n(-c2ccc(=O)n(CCN3CCN(Cc4nnc5ccc(C)nn45)CC3)n2)n1. The van der Waals surface area contributed by atoms with E-state index in [1.807, 2.05) is 43.5 Å². The molecule has 1 saturated heterocycles. The van der Waals surface area contributed by atoms with Crippen LogP contribution >= 0.6 is 0 Å². The first-order chi connectivity index (χ1) is 16.0. The quantitative estimate of drug-likeness (QED) is 0.423. The van der Waals surface area contributed by atoms with Crippen LogP contribution in [0.5, 0.6) is 0 Å². The van der Waals surface area contributed by atoms with Crippen LogP contribution in [0.25, 0.3) is 11.5 Å². The molecule has 0 N–H and O–H groups in total. The summed E-state index contributed by atoms with van der Waals surface area (Å²) in [4.78, 5) is 17.1. The summed E-state index contributed by atoms with van der Waals surface area (Å²) in [6.45, 7) is 11.6. The van der Waals surface area contributed by atoms with E-state index < -0.39 is 0 Å². The standard InChI is InChI=1S/C22H28N10O/c1-16-4-5-19-23-24-21(32(19)25-16)15-29-10-8-28(9-11-29)12-13-30-22(33)7-6-20(27-30)31-18(3)14-17(2)26-31/h4-7,14H,8-13,15H2,1-3H3. The van der Waals surface area contributed by atoms with Crippen molar-refractivity contribution in [2.75, 3.05) is 32.7 Å². The minimum absolute atomic E-state index is 0.0969. The van der Waals surface area contributed by atoms with Gasteiger partial charge in [0.25, 0.3) is 5.56 Å². The Morgan fingerprint density at radius 1 is 0.818 bits per heavy atom. The monoisotopic (exact) mass is 448 g/mol. The predicted molar refractivity (Wildman–Crippen MR) is 122 cm³/mol. The van der Waals surface area contributed by atoms with Crippen LogP contribution in [0.2, 0.25) is 0 Å². The summed E-state index contributed by atoms with van der Waals surface area (Å²) in [5, 5.41) is 22.1. The van der Waals surface area contributed by atoms with Crippen LogP contribution in [0.15, 0.2) is 35.1 Å². The minimum atomic E-state index is -0.0969. The normalized spacial score (nSPS) is 15.5. The average Bonchev–Trinajstić information content (AvgIpc) is 3.36. The number of hydrogen-bond acceptors (Lipinski definition) is 8. The largest absolute Gasteiger partial charge is 0.299 e. The van der Waals surface area contributed by atoms with Crippen LogP contribution in [-0.4, -0.2) is 81.9 Å². The lowest BCUT2D eigenvalue weighted by atomic mass is 10.3. The van der Waals surface area contributed by atoms with E-state index in [0.717, 1.165) is 67.8 Å². The number of rotatable bonds is 6. The first-order valence-electron chi connectivity index (χ1n) is 11.2. The maximum atomic E-state index is 12.3. The van der Waals surface area contributed by atoms with Gasteiger partial charge in [0.05, 0.1) is 24.5 Å². The molecule has 0 aromatic carbocycles. The fraction of sp³-hybridized carbons (Fsp3) is 0.455. The van der Waals surface area contributed by atoms with Crippen LogP contribution in [0, 0.1) is 20.8 Å². The van der Waals surface area contributed by atoms with Gasteiger partial charge in [-0.1, -0.05) is 0 Å². The molecule has 11 nitrogen and oxygen atoms in total. The lowest BCUT2D eigenvalue weighted by Crippen LogP contribution is -2.47. The molecule has 0 aliphatic carbocycles. The van der Waals surface area contributed by atoms with Crippen molar-refractivity contribution in [1.29, 1.82) is 0 Å². The van der Waals surface area contributed by atoms with E-state index >= 15 is 0 Å². The third-order valence-corrected chi connectivity index (χ3v) is 6.00. The van der Waals surface area contributed by atoms with Gasteiger partial charge < -0.3 is 0 Å². The van der Waals surface area contributed by atoms with Gasteiger partial charge in [-0.3, -0.25) is 14.6 Å². The van der Waals surface area contributed by atoms with E-state index in [0.29, 0.717) is 12.4 Å². The zero-order chi connectivity index (χ0) is 22.9. The van der Waals surface area contributed by atoms with Crippen LogP contribution in [0.1, 0.15) is 22.9 Å². The molecule has 0 saturated carbocycles. The molecule has 5 rings (SSSR count). The highest BCUT2D eigenvalue weighted by molar-refractivity contribution is 5.36. The van der Waals surface area contributed by atoms with Crippen LogP contribution < -0.4 is 5.56 Å². The van der Waals surface area contributed by atoms with Crippen LogP contribution in [-0.2, 0) is 13.1 Å². The lowest BCUT2D eigenvalue weighted by Gasteiger charge is -2.34. The zero-order valence-corrected chi connectivity index (χ0v) is 19.2. The van der Waals surface area contributed by atoms with E-state index in [1.165, 1.54) is 4.68 Å². The Bertz CT molecular complexity index is 1330.